The summed E-state index contributed by atoms with van der Waals surface area (Å²) >= 11 is 0. The normalized spacial score (nSPS) is 11.1. The summed E-state index contributed by atoms with van der Waals surface area (Å²) in [7, 11) is 1.36. The summed E-state index contributed by atoms with van der Waals surface area (Å²) in [5.74, 6) is -1.22. The Kier molecular flexibility index (Phi) is 5.31. The first kappa shape index (κ1) is 17.0. The van der Waals surface area contributed by atoms with E-state index in [1.165, 1.54) is 7.05 Å². The van der Waals surface area contributed by atoms with Crippen LogP contribution in [-0.4, -0.2) is 42.0 Å². The van der Waals surface area contributed by atoms with Gasteiger partial charge in [-0.25, -0.2) is 0 Å². The van der Waals surface area contributed by atoms with Crippen LogP contribution in [0.1, 0.15) is 22.8 Å². The number of halogens is 3. The summed E-state index contributed by atoms with van der Waals surface area (Å²) in [4.78, 5) is 24.0. The fourth-order valence-corrected chi connectivity index (χ4v) is 1.66. The molecule has 0 heterocycles. The Morgan fingerprint density at radius 2 is 1.90 bits per heavy atom. The highest BCUT2D eigenvalue weighted by molar-refractivity contribution is 5.97. The molecule has 2 amide bonds. The number of nitrogens with zero attached hydrogens (tertiary/aromatic N) is 1. The number of benzene rings is 1. The molecule has 21 heavy (non-hydrogen) atoms. The number of amides is 2. The minimum Gasteiger partial charge on any atom is -0.395 e. The van der Waals surface area contributed by atoms with Gasteiger partial charge in [-0.1, -0.05) is 0 Å². The van der Waals surface area contributed by atoms with Gasteiger partial charge in [-0.3, -0.25) is 9.59 Å². The highest BCUT2D eigenvalue weighted by atomic mass is 19.4. The third kappa shape index (κ3) is 4.75. The Balaban J connectivity index is 3.24. The van der Waals surface area contributed by atoms with E-state index < -0.39 is 23.6 Å². The maximum atomic E-state index is 12.8. The van der Waals surface area contributed by atoms with Gasteiger partial charge >= 0.3 is 6.18 Å². The average Bonchev–Trinajstić information content (AvgIpc) is 2.35. The van der Waals surface area contributed by atoms with Gasteiger partial charge < -0.3 is 15.3 Å². The minimum absolute atomic E-state index is 0.00938. The second-order valence-corrected chi connectivity index (χ2v) is 4.43. The lowest BCUT2D eigenvalue weighted by molar-refractivity contribution is -0.137. The molecule has 0 aliphatic carbocycles. The van der Waals surface area contributed by atoms with Crippen LogP contribution < -0.4 is 5.32 Å². The standard InChI is InChI=1S/C13H15F3N2O3/c1-8(20)17-11-6-9(12(21)18(2)3-4-19)5-10(7-11)13(14,15)16/h5-7,19H,3-4H2,1-2H3,(H,17,20). The fraction of sp³-hybridized carbons (Fsp3) is 0.385. The number of alkyl halides is 3. The molecule has 0 spiro atoms. The molecule has 0 aliphatic heterocycles. The van der Waals surface area contributed by atoms with Crippen LogP contribution in [0.5, 0.6) is 0 Å². The number of nitrogens with one attached hydrogen (secondary N) is 1. The van der Waals surface area contributed by atoms with E-state index in [-0.39, 0.29) is 24.4 Å². The van der Waals surface area contributed by atoms with Gasteiger partial charge in [0.25, 0.3) is 5.91 Å². The highest BCUT2D eigenvalue weighted by Gasteiger charge is 2.32. The number of anilines is 1. The molecule has 0 bridgehead atoms. The first-order valence-electron chi connectivity index (χ1n) is 6.01. The van der Waals surface area contributed by atoms with Crippen molar-refractivity contribution in [3.8, 4) is 0 Å². The number of hydrogen-bond donors (Lipinski definition) is 2. The quantitative estimate of drug-likeness (QED) is 0.890. The van der Waals surface area contributed by atoms with Gasteiger partial charge in [0, 0.05) is 31.8 Å². The third-order valence-electron chi connectivity index (χ3n) is 2.61. The van der Waals surface area contributed by atoms with Crippen molar-refractivity contribution in [3.63, 3.8) is 0 Å². The van der Waals surface area contributed by atoms with Gasteiger partial charge in [0.1, 0.15) is 0 Å². The lowest BCUT2D eigenvalue weighted by Gasteiger charge is -2.18. The maximum absolute atomic E-state index is 12.8. The van der Waals surface area contributed by atoms with Crippen molar-refractivity contribution in [2.75, 3.05) is 25.5 Å². The number of hydrogen-bond acceptors (Lipinski definition) is 3. The first-order chi connectivity index (χ1) is 9.65. The number of carbonyl (C=O) groups is 2. The molecule has 5 nitrogen and oxygen atoms in total. The zero-order valence-electron chi connectivity index (χ0n) is 11.5. The van der Waals surface area contributed by atoms with Crippen LogP contribution in [0, 0.1) is 0 Å². The molecule has 0 radical (unpaired) electrons. The second kappa shape index (κ2) is 6.57. The fourth-order valence-electron chi connectivity index (χ4n) is 1.66. The predicted molar refractivity (Wildman–Crippen MR) is 69.8 cm³/mol. The molecule has 1 aromatic rings. The number of aliphatic hydroxyl groups is 1. The van der Waals surface area contributed by atoms with Crippen molar-refractivity contribution in [2.24, 2.45) is 0 Å². The largest absolute Gasteiger partial charge is 0.416 e. The molecule has 1 aromatic carbocycles. The van der Waals surface area contributed by atoms with E-state index in [4.69, 9.17) is 5.11 Å². The molecule has 0 saturated carbocycles. The van der Waals surface area contributed by atoms with Crippen LogP contribution in [0.15, 0.2) is 18.2 Å². The van der Waals surface area contributed by atoms with Crippen LogP contribution in [0.2, 0.25) is 0 Å². The topological polar surface area (TPSA) is 69.6 Å². The number of aliphatic hydroxyl groups excluding tert-OH is 1. The van der Waals surface area contributed by atoms with Crippen molar-refractivity contribution in [1.29, 1.82) is 0 Å². The summed E-state index contributed by atoms with van der Waals surface area (Å²) in [6, 6.07) is 2.62. The molecule has 0 unspecified atom stereocenters. The average molecular weight is 304 g/mol. The molecule has 0 aliphatic rings. The molecule has 0 aromatic heterocycles. The van der Waals surface area contributed by atoms with E-state index in [9.17, 15) is 22.8 Å². The van der Waals surface area contributed by atoms with Gasteiger partial charge in [0.15, 0.2) is 0 Å². The van der Waals surface area contributed by atoms with Crippen molar-refractivity contribution in [1.82, 2.24) is 4.90 Å². The summed E-state index contributed by atoms with van der Waals surface area (Å²) in [6.07, 6.45) is -4.64. The van der Waals surface area contributed by atoms with Crippen LogP contribution in [-0.2, 0) is 11.0 Å². The Bertz CT molecular complexity index is 544. The maximum Gasteiger partial charge on any atom is 0.416 e. The molecule has 0 atom stereocenters. The lowest BCUT2D eigenvalue weighted by Crippen LogP contribution is -2.29. The third-order valence-corrected chi connectivity index (χ3v) is 2.61. The molecule has 116 valence electrons. The Hall–Kier alpha value is -2.09. The molecule has 2 N–H and O–H groups in total. The molecular formula is C13H15F3N2O3. The molecule has 1 rings (SSSR count). The van der Waals surface area contributed by atoms with E-state index in [0.29, 0.717) is 6.07 Å². The lowest BCUT2D eigenvalue weighted by atomic mass is 10.1. The van der Waals surface area contributed by atoms with Crippen LogP contribution in [0.25, 0.3) is 0 Å². The van der Waals surface area contributed by atoms with Crippen molar-refractivity contribution < 1.29 is 27.9 Å². The summed E-state index contributed by atoms with van der Waals surface area (Å²) < 4.78 is 38.5. The second-order valence-electron chi connectivity index (χ2n) is 4.43. The highest BCUT2D eigenvalue weighted by Crippen LogP contribution is 2.32. The van der Waals surface area contributed by atoms with E-state index >= 15 is 0 Å². The zero-order chi connectivity index (χ0) is 16.2. The summed E-state index contributed by atoms with van der Waals surface area (Å²) in [6.45, 7) is 0.837. The number of likely N-dealkylation sites (N-methyl/N-ethyl adjacent to an activating group) is 1. The van der Waals surface area contributed by atoms with E-state index in [1.807, 2.05) is 0 Å². The number of rotatable bonds is 4. The van der Waals surface area contributed by atoms with Crippen LogP contribution in [0.4, 0.5) is 18.9 Å². The Morgan fingerprint density at radius 3 is 2.38 bits per heavy atom. The Morgan fingerprint density at radius 1 is 1.29 bits per heavy atom. The predicted octanol–water partition coefficient (Wildman–Crippen LogP) is 1.73. The molecule has 0 fully saturated rings. The number of carbonyl (C=O) groups excluding carboxylic acids is 2. The first-order valence-corrected chi connectivity index (χ1v) is 6.01. The minimum atomic E-state index is -4.64. The van der Waals surface area contributed by atoms with Gasteiger partial charge in [-0.2, -0.15) is 13.2 Å². The summed E-state index contributed by atoms with van der Waals surface area (Å²) in [5.41, 5.74) is -1.36. The smallest absolute Gasteiger partial charge is 0.395 e. The van der Waals surface area contributed by atoms with Gasteiger partial charge in [-0.05, 0) is 18.2 Å². The Labute approximate surface area is 119 Å². The molecule has 8 heteroatoms. The summed E-state index contributed by atoms with van der Waals surface area (Å²) in [5, 5.41) is 11.0. The van der Waals surface area contributed by atoms with E-state index in [0.717, 1.165) is 24.0 Å². The molecule has 0 saturated heterocycles. The monoisotopic (exact) mass is 304 g/mol. The zero-order valence-corrected chi connectivity index (χ0v) is 11.5. The van der Waals surface area contributed by atoms with Gasteiger partial charge in [0.2, 0.25) is 5.91 Å². The van der Waals surface area contributed by atoms with Crippen molar-refractivity contribution in [2.45, 2.75) is 13.1 Å². The molecular weight excluding hydrogens is 289 g/mol. The van der Waals surface area contributed by atoms with Gasteiger partial charge in [-0.15, -0.1) is 0 Å². The van der Waals surface area contributed by atoms with Crippen molar-refractivity contribution >= 4 is 17.5 Å². The van der Waals surface area contributed by atoms with Crippen LogP contribution in [0.3, 0.4) is 0 Å². The SMILES string of the molecule is CC(=O)Nc1cc(C(=O)N(C)CCO)cc(C(F)(F)F)c1. The van der Waals surface area contributed by atoms with E-state index in [1.54, 1.807) is 0 Å². The van der Waals surface area contributed by atoms with E-state index in [2.05, 4.69) is 5.32 Å². The van der Waals surface area contributed by atoms with Crippen molar-refractivity contribution in [3.05, 3.63) is 29.3 Å². The van der Waals surface area contributed by atoms with Crippen LogP contribution >= 0.6 is 0 Å². The van der Waals surface area contributed by atoms with Gasteiger partial charge in [0.05, 0.1) is 12.2 Å².